The lowest BCUT2D eigenvalue weighted by Crippen LogP contribution is -2.04. The maximum atomic E-state index is 4.53. The summed E-state index contributed by atoms with van der Waals surface area (Å²) in [6, 6.07) is 20.3. The molecule has 0 aliphatic heterocycles. The van der Waals surface area contributed by atoms with Gasteiger partial charge in [-0.3, -0.25) is 0 Å². The van der Waals surface area contributed by atoms with Crippen LogP contribution in [-0.2, 0) is 13.0 Å². The molecular weight excluding hydrogens is 284 g/mol. The van der Waals surface area contributed by atoms with Gasteiger partial charge in [0.15, 0.2) is 0 Å². The molecule has 3 rings (SSSR count). The summed E-state index contributed by atoms with van der Waals surface area (Å²) in [5.74, 6) is 1.41. The zero-order valence-corrected chi connectivity index (χ0v) is 13.2. The summed E-state index contributed by atoms with van der Waals surface area (Å²) in [7, 11) is 0. The van der Waals surface area contributed by atoms with E-state index in [1.165, 1.54) is 11.1 Å². The van der Waals surface area contributed by atoms with Crippen LogP contribution in [0.5, 0.6) is 0 Å². The van der Waals surface area contributed by atoms with Crippen molar-refractivity contribution in [1.82, 2.24) is 9.97 Å². The topological polar surface area (TPSA) is 49.8 Å². The molecule has 0 fully saturated rings. The summed E-state index contributed by atoms with van der Waals surface area (Å²) >= 11 is 0. The van der Waals surface area contributed by atoms with Crippen LogP contribution in [0, 0.1) is 0 Å². The van der Waals surface area contributed by atoms with E-state index < -0.39 is 0 Å². The SMILES string of the molecule is CCc1ccccc1Nc1nccc(NCc2ccccc2)n1. The Morgan fingerprint density at radius 1 is 0.913 bits per heavy atom. The second kappa shape index (κ2) is 7.40. The number of nitrogens with one attached hydrogen (secondary N) is 2. The fourth-order valence-corrected chi connectivity index (χ4v) is 2.38. The van der Waals surface area contributed by atoms with E-state index in [9.17, 15) is 0 Å². The van der Waals surface area contributed by atoms with Gasteiger partial charge in [-0.05, 0) is 29.7 Å². The van der Waals surface area contributed by atoms with Crippen LogP contribution in [0.1, 0.15) is 18.1 Å². The van der Waals surface area contributed by atoms with Gasteiger partial charge >= 0.3 is 0 Å². The van der Waals surface area contributed by atoms with Gasteiger partial charge in [-0.15, -0.1) is 0 Å². The number of aryl methyl sites for hydroxylation is 1. The molecule has 0 saturated heterocycles. The molecular formula is C19H20N4. The Morgan fingerprint density at radius 2 is 1.70 bits per heavy atom. The molecule has 23 heavy (non-hydrogen) atoms. The minimum absolute atomic E-state index is 0.601. The van der Waals surface area contributed by atoms with Crippen molar-refractivity contribution >= 4 is 17.5 Å². The lowest BCUT2D eigenvalue weighted by atomic mass is 10.1. The summed E-state index contributed by atoms with van der Waals surface area (Å²) in [6.45, 7) is 2.88. The zero-order valence-electron chi connectivity index (χ0n) is 13.2. The summed E-state index contributed by atoms with van der Waals surface area (Å²) < 4.78 is 0. The first-order valence-corrected chi connectivity index (χ1v) is 7.81. The average molecular weight is 304 g/mol. The van der Waals surface area contributed by atoms with Gasteiger partial charge < -0.3 is 10.6 Å². The molecule has 4 nitrogen and oxygen atoms in total. The molecule has 116 valence electrons. The van der Waals surface area contributed by atoms with E-state index in [4.69, 9.17) is 0 Å². The van der Waals surface area contributed by atoms with Crippen LogP contribution in [-0.4, -0.2) is 9.97 Å². The Morgan fingerprint density at radius 3 is 2.52 bits per heavy atom. The van der Waals surface area contributed by atoms with Crippen molar-refractivity contribution in [2.24, 2.45) is 0 Å². The van der Waals surface area contributed by atoms with Crippen LogP contribution in [0.25, 0.3) is 0 Å². The van der Waals surface area contributed by atoms with Crippen LogP contribution >= 0.6 is 0 Å². The Labute approximate surface area is 136 Å². The fraction of sp³-hybridized carbons (Fsp3) is 0.158. The summed E-state index contributed by atoms with van der Waals surface area (Å²) in [5.41, 5.74) is 3.52. The second-order valence-corrected chi connectivity index (χ2v) is 5.24. The van der Waals surface area contributed by atoms with Crippen molar-refractivity contribution in [3.05, 3.63) is 78.0 Å². The van der Waals surface area contributed by atoms with Crippen molar-refractivity contribution in [3.8, 4) is 0 Å². The van der Waals surface area contributed by atoms with Crippen LogP contribution in [0.2, 0.25) is 0 Å². The Hall–Kier alpha value is -2.88. The number of benzene rings is 2. The highest BCUT2D eigenvalue weighted by Gasteiger charge is 2.03. The normalized spacial score (nSPS) is 10.3. The van der Waals surface area contributed by atoms with Gasteiger partial charge in [-0.25, -0.2) is 4.98 Å². The highest BCUT2D eigenvalue weighted by Crippen LogP contribution is 2.19. The molecule has 2 aromatic carbocycles. The zero-order chi connectivity index (χ0) is 15.9. The van der Waals surface area contributed by atoms with Crippen molar-refractivity contribution < 1.29 is 0 Å². The molecule has 0 aliphatic carbocycles. The number of para-hydroxylation sites is 1. The van der Waals surface area contributed by atoms with E-state index in [-0.39, 0.29) is 0 Å². The van der Waals surface area contributed by atoms with Crippen molar-refractivity contribution in [3.63, 3.8) is 0 Å². The van der Waals surface area contributed by atoms with E-state index in [1.54, 1.807) is 6.20 Å². The summed E-state index contributed by atoms with van der Waals surface area (Å²) in [5, 5.41) is 6.62. The van der Waals surface area contributed by atoms with Crippen LogP contribution in [0.3, 0.4) is 0 Å². The molecule has 0 saturated carbocycles. The number of anilines is 3. The van der Waals surface area contributed by atoms with E-state index in [0.717, 1.165) is 24.5 Å². The summed E-state index contributed by atoms with van der Waals surface area (Å²) in [4.78, 5) is 8.83. The third-order valence-corrected chi connectivity index (χ3v) is 3.62. The Bertz CT molecular complexity index is 756. The second-order valence-electron chi connectivity index (χ2n) is 5.24. The fourth-order valence-electron chi connectivity index (χ4n) is 2.38. The molecule has 1 aromatic heterocycles. The van der Waals surface area contributed by atoms with Gasteiger partial charge in [0.25, 0.3) is 0 Å². The maximum absolute atomic E-state index is 4.53. The van der Waals surface area contributed by atoms with Gasteiger partial charge in [0, 0.05) is 18.4 Å². The molecule has 1 heterocycles. The minimum atomic E-state index is 0.601. The monoisotopic (exact) mass is 304 g/mol. The lowest BCUT2D eigenvalue weighted by molar-refractivity contribution is 1.08. The first-order chi connectivity index (χ1) is 11.3. The predicted octanol–water partition coefficient (Wildman–Crippen LogP) is 4.39. The molecule has 0 unspecified atom stereocenters. The smallest absolute Gasteiger partial charge is 0.229 e. The Kier molecular flexibility index (Phi) is 4.84. The number of aromatic nitrogens is 2. The number of hydrogen-bond donors (Lipinski definition) is 2. The third-order valence-electron chi connectivity index (χ3n) is 3.62. The molecule has 0 amide bonds. The van der Waals surface area contributed by atoms with Gasteiger partial charge in [-0.1, -0.05) is 55.5 Å². The highest BCUT2D eigenvalue weighted by atomic mass is 15.1. The maximum Gasteiger partial charge on any atom is 0.229 e. The quantitative estimate of drug-likeness (QED) is 0.709. The van der Waals surface area contributed by atoms with Crippen LogP contribution in [0.4, 0.5) is 17.5 Å². The van der Waals surface area contributed by atoms with E-state index in [1.807, 2.05) is 42.5 Å². The van der Waals surface area contributed by atoms with E-state index >= 15 is 0 Å². The molecule has 4 heteroatoms. The molecule has 0 aliphatic rings. The van der Waals surface area contributed by atoms with Crippen LogP contribution < -0.4 is 10.6 Å². The van der Waals surface area contributed by atoms with Gasteiger partial charge in [0.1, 0.15) is 5.82 Å². The van der Waals surface area contributed by atoms with Crippen LogP contribution in [0.15, 0.2) is 66.9 Å². The van der Waals surface area contributed by atoms with Gasteiger partial charge in [0.2, 0.25) is 5.95 Å². The molecule has 0 spiro atoms. The van der Waals surface area contributed by atoms with Crippen molar-refractivity contribution in [2.45, 2.75) is 19.9 Å². The third kappa shape index (κ3) is 4.07. The average Bonchev–Trinajstić information content (AvgIpc) is 2.62. The number of rotatable bonds is 6. The minimum Gasteiger partial charge on any atom is -0.366 e. The summed E-state index contributed by atoms with van der Waals surface area (Å²) in [6.07, 6.45) is 2.73. The number of hydrogen-bond acceptors (Lipinski definition) is 4. The molecule has 0 bridgehead atoms. The predicted molar refractivity (Wildman–Crippen MR) is 94.9 cm³/mol. The Balaban J connectivity index is 1.70. The lowest BCUT2D eigenvalue weighted by Gasteiger charge is -2.11. The molecule has 2 N–H and O–H groups in total. The first-order valence-electron chi connectivity index (χ1n) is 7.81. The van der Waals surface area contributed by atoms with E-state index in [2.05, 4.69) is 45.7 Å². The largest absolute Gasteiger partial charge is 0.366 e. The van der Waals surface area contributed by atoms with Gasteiger partial charge in [-0.2, -0.15) is 4.98 Å². The number of nitrogens with zero attached hydrogens (tertiary/aromatic N) is 2. The van der Waals surface area contributed by atoms with E-state index in [0.29, 0.717) is 5.95 Å². The highest BCUT2D eigenvalue weighted by molar-refractivity contribution is 5.59. The first kappa shape index (κ1) is 15.0. The standard InChI is InChI=1S/C19H20N4/c1-2-16-10-6-7-11-17(16)22-19-20-13-12-18(23-19)21-14-15-8-4-3-5-9-15/h3-13H,2,14H2,1H3,(H2,20,21,22,23). The van der Waals surface area contributed by atoms with Crippen molar-refractivity contribution in [2.75, 3.05) is 10.6 Å². The molecule has 0 radical (unpaired) electrons. The molecule has 3 aromatic rings. The van der Waals surface area contributed by atoms with Crippen molar-refractivity contribution in [1.29, 1.82) is 0 Å². The van der Waals surface area contributed by atoms with Gasteiger partial charge in [0.05, 0.1) is 0 Å². The molecule has 0 atom stereocenters.